The van der Waals surface area contributed by atoms with Gasteiger partial charge in [-0.1, -0.05) is 13.8 Å². The Morgan fingerprint density at radius 3 is 2.27 bits per heavy atom. The van der Waals surface area contributed by atoms with Crippen molar-refractivity contribution < 1.29 is 78.2 Å². The van der Waals surface area contributed by atoms with Crippen molar-refractivity contribution in [3.05, 3.63) is 11.3 Å². The molecule has 11 atom stereocenters. The molecule has 0 aromatic rings. The van der Waals surface area contributed by atoms with Gasteiger partial charge in [0.2, 0.25) is 0 Å². The maximum atomic E-state index is 12.5. The van der Waals surface area contributed by atoms with Gasteiger partial charge in [-0.15, -0.1) is 0 Å². The molecule has 0 spiro atoms. The summed E-state index contributed by atoms with van der Waals surface area (Å²) in [7, 11) is 1.29. The van der Waals surface area contributed by atoms with E-state index in [-0.39, 0.29) is 6.42 Å². The van der Waals surface area contributed by atoms with Gasteiger partial charge in [0.1, 0.15) is 60.3 Å². The van der Waals surface area contributed by atoms with Crippen molar-refractivity contribution in [3.63, 3.8) is 0 Å². The van der Waals surface area contributed by atoms with Crippen molar-refractivity contribution >= 4 is 29.4 Å². The van der Waals surface area contributed by atoms with E-state index < -0.39 is 126 Å². The number of aliphatic carboxylic acids is 1. The fourth-order valence-corrected chi connectivity index (χ4v) is 5.73. The third-order valence-corrected chi connectivity index (χ3v) is 8.37. The number of ketones is 1. The predicted octanol–water partition coefficient (Wildman–Crippen LogP) is -1.49. The number of carboxylic acid groups (broad SMARTS) is 1. The monoisotopic (exact) mass is 647 g/mol. The smallest absolute Gasteiger partial charge is 0.341 e. The van der Waals surface area contributed by atoms with Crippen molar-refractivity contribution in [3.8, 4) is 0 Å². The first-order chi connectivity index (χ1) is 20.8. The third-order valence-electron chi connectivity index (χ3n) is 8.37. The van der Waals surface area contributed by atoms with Crippen molar-refractivity contribution in [2.45, 2.75) is 114 Å². The predicted molar refractivity (Wildman–Crippen MR) is 147 cm³/mol. The molecular formula is C28H41NO16. The van der Waals surface area contributed by atoms with E-state index >= 15 is 0 Å². The van der Waals surface area contributed by atoms with E-state index in [4.69, 9.17) is 33.8 Å². The number of carbonyl (C=O) groups excluding carboxylic acids is 3. The summed E-state index contributed by atoms with van der Waals surface area (Å²) in [6.07, 6.45) is -15.3. The molecule has 2 aliphatic heterocycles. The number of nitrogens with one attached hydrogen (secondary N) is 1. The highest BCUT2D eigenvalue weighted by atomic mass is 16.7. The molecule has 0 aromatic heterocycles. The number of methoxy groups -OCH3 is 1. The number of hydrogen-bond donors (Lipinski definition) is 7. The number of ether oxygens (including phenoxy) is 6. The molecule has 0 bridgehead atoms. The second-order valence-corrected chi connectivity index (χ2v) is 11.7. The van der Waals surface area contributed by atoms with E-state index in [1.165, 1.54) is 21.0 Å². The van der Waals surface area contributed by atoms with Gasteiger partial charge in [0.05, 0.1) is 24.5 Å². The molecule has 0 amide bonds. The van der Waals surface area contributed by atoms with Crippen LogP contribution in [0.5, 0.6) is 0 Å². The Hall–Kier alpha value is -3.03. The summed E-state index contributed by atoms with van der Waals surface area (Å²) >= 11 is 0. The molecule has 0 aromatic carbocycles. The zero-order valence-electron chi connectivity index (χ0n) is 25.7. The maximum absolute atomic E-state index is 12.5. The molecule has 17 heteroatoms. The Kier molecular flexibility index (Phi) is 11.1. The molecule has 0 radical (unpaired) electrons. The Balaban J connectivity index is 1.96. The molecule has 17 nitrogen and oxygen atoms in total. The molecule has 1 aliphatic carbocycles. The van der Waals surface area contributed by atoms with Gasteiger partial charge >= 0.3 is 17.9 Å². The molecule has 3 rings (SSSR count). The van der Waals surface area contributed by atoms with Crippen LogP contribution in [0.1, 0.15) is 47.5 Å². The van der Waals surface area contributed by atoms with Crippen molar-refractivity contribution in [2.75, 3.05) is 13.7 Å². The molecule has 0 saturated carbocycles. The molecule has 2 heterocycles. The average Bonchev–Trinajstić information content (AvgIpc) is 2.95. The van der Waals surface area contributed by atoms with Crippen LogP contribution in [0.3, 0.4) is 0 Å². The van der Waals surface area contributed by atoms with Crippen LogP contribution in [-0.4, -0.2) is 140 Å². The Morgan fingerprint density at radius 1 is 1.11 bits per heavy atom. The van der Waals surface area contributed by atoms with Gasteiger partial charge in [0, 0.05) is 20.5 Å². The second kappa shape index (κ2) is 13.8. The van der Waals surface area contributed by atoms with Crippen LogP contribution in [0.25, 0.3) is 0 Å². The number of rotatable bonds is 10. The zero-order valence-corrected chi connectivity index (χ0v) is 25.7. The summed E-state index contributed by atoms with van der Waals surface area (Å²) in [4.78, 5) is 48.0. The minimum Gasteiger partial charge on any atom is -0.508 e. The first-order valence-electron chi connectivity index (χ1n) is 14.2. The Morgan fingerprint density at radius 2 is 1.73 bits per heavy atom. The summed E-state index contributed by atoms with van der Waals surface area (Å²) in [5.74, 6) is -6.30. The van der Waals surface area contributed by atoms with Gasteiger partial charge in [-0.25, -0.2) is 4.79 Å². The van der Waals surface area contributed by atoms with E-state index in [9.17, 15) is 49.8 Å². The third kappa shape index (κ3) is 6.90. The molecule has 2 saturated heterocycles. The molecule has 7 N–H and O–H groups in total. The number of hydrogen-bond acceptors (Lipinski definition) is 16. The number of carbonyl (C=O) groups is 4. The topological polar surface area (TPSA) is 269 Å². The first-order valence-corrected chi connectivity index (χ1v) is 14.2. The summed E-state index contributed by atoms with van der Waals surface area (Å²) in [5, 5.41) is 73.6. The number of carboxylic acids is 1. The molecule has 0 unspecified atom stereocenters. The van der Waals surface area contributed by atoms with Gasteiger partial charge in [0.25, 0.3) is 0 Å². The minimum absolute atomic E-state index is 0.245. The molecule has 254 valence electrons. The normalized spacial score (nSPS) is 38.2. The van der Waals surface area contributed by atoms with Gasteiger partial charge in [-0.3, -0.25) is 19.8 Å². The largest absolute Gasteiger partial charge is 0.508 e. The van der Waals surface area contributed by atoms with Crippen molar-refractivity contribution in [2.24, 2.45) is 5.92 Å². The number of esters is 2. The Bertz CT molecular complexity index is 1220. The highest BCUT2D eigenvalue weighted by molar-refractivity contribution is 6.51. The molecular weight excluding hydrogens is 606 g/mol. The minimum atomic E-state index is -2.92. The highest BCUT2D eigenvalue weighted by Crippen LogP contribution is 2.41. The van der Waals surface area contributed by atoms with E-state index in [1.807, 2.05) is 0 Å². The second-order valence-electron chi connectivity index (χ2n) is 11.7. The summed E-state index contributed by atoms with van der Waals surface area (Å²) in [5.41, 5.74) is -7.10. The van der Waals surface area contributed by atoms with E-state index in [2.05, 4.69) is 0 Å². The number of aliphatic hydroxyl groups excluding tert-OH is 3. The molecule has 3 aliphatic rings. The van der Waals surface area contributed by atoms with Crippen LogP contribution in [0, 0.1) is 11.3 Å². The average molecular weight is 648 g/mol. The van der Waals surface area contributed by atoms with Crippen molar-refractivity contribution in [1.29, 1.82) is 5.41 Å². The standard InChI is InChI=1S/C28H41NO16/c1-10(2)26(37)43-12(4)28(39)11(3)42-17(7-16(28)40-6)45-22-20(32)15(9-41-13(5)30)44-24(21(22)33)27(38)8-14(31)19(29)18(23(27)34)25(35)36/h10-12,15-17,20-22,24,29,32-34,38-39H,7-9H2,1-6H3,(H,35,36)/t11-,12-,15-,16-,17-,20+,21-,22+,24-,27+,28-/m0/s1. The van der Waals surface area contributed by atoms with Gasteiger partial charge < -0.3 is 59.1 Å². The number of Topliss-reactive ketones (excluding diaryl/α,β-unsaturated/α-hetero) is 1. The van der Waals surface area contributed by atoms with Crippen LogP contribution in [0.15, 0.2) is 11.3 Å². The van der Waals surface area contributed by atoms with Gasteiger partial charge in [0.15, 0.2) is 23.3 Å². The number of aliphatic hydroxyl groups is 5. The fraction of sp³-hybridized carbons (Fsp3) is 0.750. The van der Waals surface area contributed by atoms with E-state index in [0.717, 1.165) is 6.92 Å². The summed E-state index contributed by atoms with van der Waals surface area (Å²) in [6, 6.07) is 0. The lowest BCUT2D eigenvalue weighted by Crippen LogP contribution is -2.69. The SMILES string of the molecule is CO[C@H]1C[C@H](O[C@@H]2[C@H](O)[C@H](COC(C)=O)O[C@H]([C@@]3(O)CC(=O)C(=N)C(C(=O)O)=C3O)[C@H]2O)O[C@@H](C)[C@]1(O)[C@H](C)OC(=O)C(C)C. The van der Waals surface area contributed by atoms with Crippen LogP contribution in [-0.2, 0) is 47.6 Å². The molecule has 45 heavy (non-hydrogen) atoms. The van der Waals surface area contributed by atoms with Crippen molar-refractivity contribution in [1.82, 2.24) is 0 Å². The van der Waals surface area contributed by atoms with E-state index in [0.29, 0.717) is 0 Å². The van der Waals surface area contributed by atoms with Gasteiger partial charge in [-0.05, 0) is 13.8 Å². The summed E-state index contributed by atoms with van der Waals surface area (Å²) < 4.78 is 33.2. The maximum Gasteiger partial charge on any atom is 0.341 e. The molecule has 2 fully saturated rings. The van der Waals surface area contributed by atoms with Gasteiger partial charge in [-0.2, -0.15) is 0 Å². The van der Waals surface area contributed by atoms with Crippen LogP contribution >= 0.6 is 0 Å². The lowest BCUT2D eigenvalue weighted by atomic mass is 9.74. The van der Waals surface area contributed by atoms with Crippen LogP contribution in [0.2, 0.25) is 0 Å². The highest BCUT2D eigenvalue weighted by Gasteiger charge is 2.61. The Labute approximate surface area is 258 Å². The zero-order chi connectivity index (χ0) is 34.2. The van der Waals surface area contributed by atoms with Crippen LogP contribution < -0.4 is 0 Å². The quantitative estimate of drug-likeness (QED) is 0.133. The van der Waals surface area contributed by atoms with E-state index in [1.54, 1.807) is 13.8 Å². The lowest BCUT2D eigenvalue weighted by molar-refractivity contribution is -0.344. The summed E-state index contributed by atoms with van der Waals surface area (Å²) in [6.45, 7) is 6.55. The lowest BCUT2D eigenvalue weighted by Gasteiger charge is -2.51. The first kappa shape index (κ1) is 36.4. The fourth-order valence-electron chi connectivity index (χ4n) is 5.73. The van der Waals surface area contributed by atoms with Crippen LogP contribution in [0.4, 0.5) is 0 Å².